The fraction of sp³-hybridized carbons (Fsp3) is 0.400. The molecule has 2 atom stereocenters. The Morgan fingerprint density at radius 3 is 2.58 bits per heavy atom. The molecule has 0 heterocycles. The molecule has 1 aromatic rings. The average molecular weight is 423 g/mol. The Morgan fingerprint density at radius 2 is 1.85 bits per heavy atom. The van der Waals surface area contributed by atoms with Crippen molar-refractivity contribution >= 4 is 3.71 Å². The molecule has 135 valence electrons. The molecule has 0 aliphatic heterocycles. The van der Waals surface area contributed by atoms with Gasteiger partial charge in [-0.25, -0.2) is 0 Å². The quantitative estimate of drug-likeness (QED) is 0.484. The zero-order valence-corrected chi connectivity index (χ0v) is 18.9. The second-order valence-corrected chi connectivity index (χ2v) is 18.8. The standard InChI is InChI=1S/C9H11.C8H11.C7H6.CH3.Zr/c1-2-5-9-7-3-6-8(9)4-1;1-7(2)8-5-3-4-6-8;1-7-5-3-2-4-6-7;;/h3,6-7H,1-2,4-5H2;5-7H,3H2,1-2H3;1-6H;1H3;. The summed E-state index contributed by atoms with van der Waals surface area (Å²) in [6.07, 6.45) is 16.8. The third-order valence-electron chi connectivity index (χ3n) is 6.59. The van der Waals surface area contributed by atoms with Gasteiger partial charge in [0.25, 0.3) is 0 Å². The van der Waals surface area contributed by atoms with Crippen LogP contribution < -0.4 is 0 Å². The maximum atomic E-state index is 2.75. The zero-order valence-electron chi connectivity index (χ0n) is 16.5. The van der Waals surface area contributed by atoms with Crippen molar-refractivity contribution in [2.75, 3.05) is 0 Å². The summed E-state index contributed by atoms with van der Waals surface area (Å²) in [7, 11) is 0. The first-order chi connectivity index (χ1) is 12.6. The Balaban J connectivity index is 1.81. The summed E-state index contributed by atoms with van der Waals surface area (Å²) in [5, 5.41) is 0. The predicted molar refractivity (Wildman–Crippen MR) is 111 cm³/mol. The van der Waals surface area contributed by atoms with Gasteiger partial charge < -0.3 is 0 Å². The van der Waals surface area contributed by atoms with Crippen molar-refractivity contribution in [3.8, 4) is 0 Å². The molecule has 26 heavy (non-hydrogen) atoms. The molecule has 3 aliphatic rings. The van der Waals surface area contributed by atoms with Crippen molar-refractivity contribution < 1.29 is 19.8 Å². The fourth-order valence-corrected chi connectivity index (χ4v) is 15.4. The molecule has 0 spiro atoms. The van der Waals surface area contributed by atoms with Crippen LogP contribution in [0.15, 0.2) is 74.6 Å². The van der Waals surface area contributed by atoms with E-state index in [4.69, 9.17) is 0 Å². The summed E-state index contributed by atoms with van der Waals surface area (Å²) in [5.41, 5.74) is 6.48. The molecule has 0 fully saturated rings. The first-order valence-corrected chi connectivity index (χ1v) is 16.8. The van der Waals surface area contributed by atoms with Gasteiger partial charge in [0.05, 0.1) is 0 Å². The Hall–Kier alpha value is -1.07. The normalized spacial score (nSPS) is 24.4. The molecule has 4 rings (SSSR count). The number of rotatable bonds is 4. The molecule has 0 bridgehead atoms. The molecule has 2 unspecified atom stereocenters. The van der Waals surface area contributed by atoms with E-state index in [1.54, 1.807) is 20.0 Å². The molecule has 0 radical (unpaired) electrons. The van der Waals surface area contributed by atoms with E-state index in [-0.39, 0.29) is 0 Å². The van der Waals surface area contributed by atoms with E-state index in [0.29, 0.717) is 5.92 Å². The van der Waals surface area contributed by atoms with Crippen molar-refractivity contribution in [1.29, 1.82) is 0 Å². The molecule has 0 nitrogen and oxygen atoms in total. The first-order valence-electron chi connectivity index (χ1n) is 10.3. The number of hydrogen-bond donors (Lipinski definition) is 0. The Kier molecular flexibility index (Phi) is 5.29. The molecule has 0 amide bonds. The number of benzene rings is 1. The van der Waals surface area contributed by atoms with Crippen LogP contribution in [-0.2, 0) is 19.8 Å². The van der Waals surface area contributed by atoms with Crippen LogP contribution >= 0.6 is 0 Å². The van der Waals surface area contributed by atoms with Crippen LogP contribution in [0.2, 0.25) is 8.26 Å². The molecule has 3 aliphatic carbocycles. The van der Waals surface area contributed by atoms with Crippen LogP contribution in [0.5, 0.6) is 0 Å². The van der Waals surface area contributed by atoms with Crippen molar-refractivity contribution in [3.05, 3.63) is 80.2 Å². The monoisotopic (exact) mass is 421 g/mol. The fourth-order valence-electron chi connectivity index (χ4n) is 4.99. The molecule has 0 saturated carbocycles. The molecule has 1 aromatic carbocycles. The van der Waals surface area contributed by atoms with Crippen LogP contribution in [0.3, 0.4) is 0 Å². The van der Waals surface area contributed by atoms with E-state index in [0.717, 1.165) is 3.63 Å². The third-order valence-corrected chi connectivity index (χ3v) is 17.6. The molecule has 1 heteroatoms. The minimum absolute atomic E-state index is 0.642. The van der Waals surface area contributed by atoms with Crippen molar-refractivity contribution in [2.45, 2.75) is 54.2 Å². The van der Waals surface area contributed by atoms with Crippen molar-refractivity contribution in [3.63, 3.8) is 0 Å². The maximum absolute atomic E-state index is 2.75. The van der Waals surface area contributed by atoms with E-state index < -0.39 is 19.8 Å². The van der Waals surface area contributed by atoms with Gasteiger partial charge in [0.15, 0.2) is 0 Å². The van der Waals surface area contributed by atoms with Gasteiger partial charge in [0.2, 0.25) is 0 Å². The SMILES string of the molecule is CC(C)C1=CC[C]([Zr]([CH3])(=[CH]c2ccccc2)[CH]2C=CC3=C2CCCC3)=C1. The Labute approximate surface area is 163 Å². The molecular weight excluding hydrogens is 391 g/mol. The molecular formula is C25H31Zr. The molecule has 0 saturated heterocycles. The van der Waals surface area contributed by atoms with Crippen LogP contribution in [0.4, 0.5) is 0 Å². The van der Waals surface area contributed by atoms with Gasteiger partial charge in [-0.05, 0) is 0 Å². The minimum atomic E-state index is -2.72. The third kappa shape index (κ3) is 3.40. The van der Waals surface area contributed by atoms with Crippen molar-refractivity contribution in [2.24, 2.45) is 5.92 Å². The predicted octanol–water partition coefficient (Wildman–Crippen LogP) is 7.14. The summed E-state index contributed by atoms with van der Waals surface area (Å²) >= 11 is -2.72. The topological polar surface area (TPSA) is 0 Å². The van der Waals surface area contributed by atoms with Crippen LogP contribution in [0.1, 0.15) is 51.5 Å². The number of hydrogen-bond acceptors (Lipinski definition) is 0. The molecule has 0 N–H and O–H groups in total. The summed E-state index contributed by atoms with van der Waals surface area (Å²) in [6, 6.07) is 11.1. The van der Waals surface area contributed by atoms with Crippen molar-refractivity contribution in [1.82, 2.24) is 0 Å². The first kappa shape index (κ1) is 18.3. The van der Waals surface area contributed by atoms with Gasteiger partial charge in [-0.3, -0.25) is 0 Å². The second kappa shape index (κ2) is 7.51. The van der Waals surface area contributed by atoms with Gasteiger partial charge in [0, 0.05) is 0 Å². The Bertz CT molecular complexity index is 859. The zero-order chi connectivity index (χ0) is 18.1. The van der Waals surface area contributed by atoms with E-state index in [9.17, 15) is 0 Å². The van der Waals surface area contributed by atoms with Gasteiger partial charge in [-0.1, -0.05) is 0 Å². The summed E-state index contributed by atoms with van der Waals surface area (Å²) in [6.45, 7) is 4.66. The number of allylic oxidation sites excluding steroid dienone is 8. The summed E-state index contributed by atoms with van der Waals surface area (Å²) in [5.74, 6) is 0.642. The Morgan fingerprint density at radius 1 is 1.08 bits per heavy atom. The van der Waals surface area contributed by atoms with Gasteiger partial charge >= 0.3 is 164 Å². The van der Waals surface area contributed by atoms with Crippen LogP contribution in [0.25, 0.3) is 0 Å². The van der Waals surface area contributed by atoms with E-state index in [2.05, 4.69) is 76.8 Å². The van der Waals surface area contributed by atoms with Gasteiger partial charge in [-0.2, -0.15) is 0 Å². The van der Waals surface area contributed by atoms with Gasteiger partial charge in [0.1, 0.15) is 0 Å². The average Bonchev–Trinajstić information content (AvgIpc) is 3.30. The van der Waals surface area contributed by atoms with E-state index >= 15 is 0 Å². The van der Waals surface area contributed by atoms with Crippen LogP contribution in [-0.4, -0.2) is 3.71 Å². The molecule has 0 aromatic heterocycles. The summed E-state index contributed by atoms with van der Waals surface area (Å²) in [4.78, 5) is 0. The van der Waals surface area contributed by atoms with Gasteiger partial charge in [-0.15, -0.1) is 0 Å². The second-order valence-electron chi connectivity index (χ2n) is 8.66. The van der Waals surface area contributed by atoms with E-state index in [1.807, 2.05) is 0 Å². The summed E-state index contributed by atoms with van der Waals surface area (Å²) < 4.78 is 7.95. The van der Waals surface area contributed by atoms with Crippen LogP contribution in [0, 0.1) is 5.92 Å². The van der Waals surface area contributed by atoms with E-state index in [1.165, 1.54) is 37.7 Å².